The van der Waals surface area contributed by atoms with E-state index < -0.39 is 5.97 Å². The fourth-order valence-corrected chi connectivity index (χ4v) is 3.12. The van der Waals surface area contributed by atoms with Crippen molar-refractivity contribution in [1.29, 1.82) is 0 Å². The molecule has 2 rings (SSSR count). The quantitative estimate of drug-likeness (QED) is 0.752. The molecule has 0 aromatic carbocycles. The lowest BCUT2D eigenvalue weighted by Crippen LogP contribution is -2.06. The van der Waals surface area contributed by atoms with Crippen LogP contribution in [0.25, 0.3) is 0 Å². The highest BCUT2D eigenvalue weighted by atomic mass is 35.5. The summed E-state index contributed by atoms with van der Waals surface area (Å²) in [5.74, 6) is 0.576. The number of aryl methyl sites for hydroxylation is 1. The van der Waals surface area contributed by atoms with E-state index in [0.717, 1.165) is 28.3 Å². The predicted molar refractivity (Wildman–Crippen MR) is 55.9 cm³/mol. The van der Waals surface area contributed by atoms with E-state index in [0.29, 0.717) is 0 Å². The van der Waals surface area contributed by atoms with Crippen LogP contribution in [-0.4, -0.2) is 16.1 Å². The number of fused-ring (bicyclic) bond motifs is 1. The minimum absolute atomic E-state index is 0.108. The molecule has 0 aliphatic carbocycles. The molecule has 1 aliphatic heterocycles. The van der Waals surface area contributed by atoms with Gasteiger partial charge in [-0.25, -0.2) is 9.78 Å². The second kappa shape index (κ2) is 3.44. The number of rotatable bonds is 1. The maximum atomic E-state index is 11.0. The third kappa shape index (κ3) is 1.38. The molecule has 1 N–H and O–H groups in total. The number of pyridine rings is 1. The molecule has 5 heteroatoms. The van der Waals surface area contributed by atoms with Crippen LogP contribution in [-0.2, 0) is 11.5 Å². The second-order valence-corrected chi connectivity index (χ2v) is 4.46. The maximum absolute atomic E-state index is 11.0. The summed E-state index contributed by atoms with van der Waals surface area (Å²) in [6.07, 6.45) is 0. The molecule has 14 heavy (non-hydrogen) atoms. The number of hydrogen-bond acceptors (Lipinski definition) is 3. The van der Waals surface area contributed by atoms with Gasteiger partial charge in [0.1, 0.15) is 10.7 Å². The number of carbonyl (C=O) groups is 1. The number of thioether (sulfide) groups is 1. The summed E-state index contributed by atoms with van der Waals surface area (Å²) in [6.45, 7) is 1.86. The van der Waals surface area contributed by atoms with Crippen LogP contribution >= 0.6 is 23.4 Å². The van der Waals surface area contributed by atoms with Crippen LogP contribution in [0.2, 0.25) is 5.15 Å². The Kier molecular flexibility index (Phi) is 2.41. The fourth-order valence-electron chi connectivity index (χ4n) is 1.59. The van der Waals surface area contributed by atoms with Crippen LogP contribution in [0.3, 0.4) is 0 Å². The summed E-state index contributed by atoms with van der Waals surface area (Å²) in [6, 6.07) is 0. The number of hydrogen-bond donors (Lipinski definition) is 1. The molecule has 0 bridgehead atoms. The lowest BCUT2D eigenvalue weighted by atomic mass is 10.0. The van der Waals surface area contributed by atoms with Crippen LogP contribution in [0.1, 0.15) is 27.2 Å². The van der Waals surface area contributed by atoms with Crippen LogP contribution in [0, 0.1) is 6.92 Å². The van der Waals surface area contributed by atoms with Gasteiger partial charge in [-0.1, -0.05) is 11.6 Å². The van der Waals surface area contributed by atoms with Gasteiger partial charge in [0.05, 0.1) is 0 Å². The summed E-state index contributed by atoms with van der Waals surface area (Å²) < 4.78 is 0. The van der Waals surface area contributed by atoms with E-state index in [1.807, 2.05) is 6.92 Å². The average molecular weight is 230 g/mol. The normalized spacial score (nSPS) is 14.1. The Morgan fingerprint density at radius 2 is 2.14 bits per heavy atom. The van der Waals surface area contributed by atoms with Crippen molar-refractivity contribution in [3.8, 4) is 0 Å². The SMILES string of the molecule is Cc1nc(Cl)c(C(=O)O)c2c1CSC2. The average Bonchev–Trinajstić information content (AvgIpc) is 2.51. The third-order valence-corrected chi connectivity index (χ3v) is 3.54. The zero-order valence-electron chi connectivity index (χ0n) is 7.50. The Bertz CT molecular complexity index is 420. The molecule has 3 nitrogen and oxygen atoms in total. The molecule has 1 aromatic heterocycles. The molecule has 0 fully saturated rings. The van der Waals surface area contributed by atoms with Gasteiger partial charge in [-0.15, -0.1) is 0 Å². The number of carboxylic acid groups (broad SMARTS) is 1. The Hall–Kier alpha value is -0.740. The molecule has 74 valence electrons. The summed E-state index contributed by atoms with van der Waals surface area (Å²) in [5.41, 5.74) is 2.91. The van der Waals surface area contributed by atoms with Gasteiger partial charge in [0.15, 0.2) is 0 Å². The number of nitrogens with zero attached hydrogens (tertiary/aromatic N) is 1. The fraction of sp³-hybridized carbons (Fsp3) is 0.333. The van der Waals surface area contributed by atoms with E-state index in [1.165, 1.54) is 0 Å². The summed E-state index contributed by atoms with van der Waals surface area (Å²) in [7, 11) is 0. The van der Waals surface area contributed by atoms with E-state index in [-0.39, 0.29) is 10.7 Å². The second-order valence-electron chi connectivity index (χ2n) is 3.12. The van der Waals surface area contributed by atoms with Crippen molar-refractivity contribution in [2.75, 3.05) is 0 Å². The minimum Gasteiger partial charge on any atom is -0.478 e. The largest absolute Gasteiger partial charge is 0.478 e. The van der Waals surface area contributed by atoms with Crippen LogP contribution in [0.15, 0.2) is 0 Å². The van der Waals surface area contributed by atoms with Crippen molar-refractivity contribution in [2.45, 2.75) is 18.4 Å². The van der Waals surface area contributed by atoms with E-state index in [4.69, 9.17) is 16.7 Å². The van der Waals surface area contributed by atoms with E-state index in [1.54, 1.807) is 11.8 Å². The van der Waals surface area contributed by atoms with Gasteiger partial charge in [0, 0.05) is 17.2 Å². The molecule has 2 heterocycles. The Labute approximate surface area is 90.5 Å². The molecule has 1 aliphatic rings. The maximum Gasteiger partial charge on any atom is 0.339 e. The highest BCUT2D eigenvalue weighted by Gasteiger charge is 2.24. The molecule has 0 spiro atoms. The van der Waals surface area contributed by atoms with Crippen molar-refractivity contribution < 1.29 is 9.90 Å². The standard InChI is InChI=1S/C9H8ClNO2S/c1-4-5-2-14-3-6(5)7(9(12)13)8(10)11-4/h2-3H2,1H3,(H,12,13). The summed E-state index contributed by atoms with van der Waals surface area (Å²) in [5, 5.41) is 9.09. The molecule has 0 unspecified atom stereocenters. The molecule has 1 aromatic rings. The van der Waals surface area contributed by atoms with Gasteiger partial charge in [-0.3, -0.25) is 0 Å². The number of aromatic nitrogens is 1. The lowest BCUT2D eigenvalue weighted by molar-refractivity contribution is 0.0695. The zero-order valence-corrected chi connectivity index (χ0v) is 9.08. The first-order valence-corrected chi connectivity index (χ1v) is 5.63. The van der Waals surface area contributed by atoms with E-state index >= 15 is 0 Å². The lowest BCUT2D eigenvalue weighted by Gasteiger charge is -2.07. The Morgan fingerprint density at radius 3 is 2.79 bits per heavy atom. The molecule has 0 radical (unpaired) electrons. The van der Waals surface area contributed by atoms with Crippen molar-refractivity contribution in [1.82, 2.24) is 4.98 Å². The summed E-state index contributed by atoms with van der Waals surface area (Å²) in [4.78, 5) is 15.0. The molecule has 0 saturated heterocycles. The number of halogens is 1. The van der Waals surface area contributed by atoms with E-state index in [9.17, 15) is 4.79 Å². The van der Waals surface area contributed by atoms with Gasteiger partial charge < -0.3 is 5.11 Å². The molecule has 0 saturated carbocycles. The first-order valence-electron chi connectivity index (χ1n) is 4.10. The highest BCUT2D eigenvalue weighted by molar-refractivity contribution is 7.98. The molecule has 0 atom stereocenters. The molecule has 0 amide bonds. The smallest absolute Gasteiger partial charge is 0.339 e. The monoisotopic (exact) mass is 229 g/mol. The number of aromatic carboxylic acids is 1. The first kappa shape index (κ1) is 9.80. The van der Waals surface area contributed by atoms with Crippen LogP contribution in [0.5, 0.6) is 0 Å². The topological polar surface area (TPSA) is 50.2 Å². The van der Waals surface area contributed by atoms with Gasteiger partial charge in [-0.05, 0) is 18.1 Å². The Morgan fingerprint density at radius 1 is 1.50 bits per heavy atom. The van der Waals surface area contributed by atoms with Crippen molar-refractivity contribution in [2.24, 2.45) is 0 Å². The first-order chi connectivity index (χ1) is 6.61. The third-order valence-electron chi connectivity index (χ3n) is 2.28. The zero-order chi connectivity index (χ0) is 10.3. The van der Waals surface area contributed by atoms with Crippen LogP contribution in [0.4, 0.5) is 0 Å². The molecular weight excluding hydrogens is 222 g/mol. The van der Waals surface area contributed by atoms with Crippen molar-refractivity contribution in [3.63, 3.8) is 0 Å². The van der Waals surface area contributed by atoms with Gasteiger partial charge >= 0.3 is 5.97 Å². The van der Waals surface area contributed by atoms with Gasteiger partial charge in [-0.2, -0.15) is 11.8 Å². The van der Waals surface area contributed by atoms with Crippen molar-refractivity contribution in [3.05, 3.63) is 27.5 Å². The predicted octanol–water partition coefficient (Wildman–Crippen LogP) is 2.49. The van der Waals surface area contributed by atoms with Gasteiger partial charge in [0.2, 0.25) is 0 Å². The van der Waals surface area contributed by atoms with Crippen molar-refractivity contribution >= 4 is 29.3 Å². The minimum atomic E-state index is -0.985. The highest BCUT2D eigenvalue weighted by Crippen LogP contribution is 2.36. The summed E-state index contributed by atoms with van der Waals surface area (Å²) >= 11 is 7.50. The molecular formula is C9H8ClNO2S. The van der Waals surface area contributed by atoms with E-state index in [2.05, 4.69) is 4.98 Å². The number of carboxylic acids is 1. The Balaban J connectivity index is 2.72. The van der Waals surface area contributed by atoms with Gasteiger partial charge in [0.25, 0.3) is 0 Å². The van der Waals surface area contributed by atoms with Crippen LogP contribution < -0.4 is 0 Å².